The van der Waals surface area contributed by atoms with E-state index in [-0.39, 0.29) is 6.10 Å². The largest absolute Gasteiger partial charge is 0.393 e. The quantitative estimate of drug-likeness (QED) is 0.771. The zero-order valence-corrected chi connectivity index (χ0v) is 9.33. The number of aliphatic hydroxyl groups is 1. The number of hydrogen-bond donors (Lipinski definition) is 2. The van der Waals surface area contributed by atoms with Crippen LogP contribution >= 0.6 is 11.6 Å². The second kappa shape index (κ2) is 4.33. The summed E-state index contributed by atoms with van der Waals surface area (Å²) < 4.78 is 0. The summed E-state index contributed by atoms with van der Waals surface area (Å²) in [5, 5.41) is 12.8. The molecule has 1 aliphatic carbocycles. The number of hydrogen-bond acceptors (Lipinski definition) is 4. The molecule has 1 aromatic heterocycles. The van der Waals surface area contributed by atoms with E-state index in [1.807, 2.05) is 6.92 Å². The van der Waals surface area contributed by atoms with Gasteiger partial charge in [-0.1, -0.05) is 18.5 Å². The molecule has 1 heterocycles. The number of nitrogens with zero attached hydrogens (tertiary/aromatic N) is 2. The highest BCUT2D eigenvalue weighted by atomic mass is 35.5. The Hall–Kier alpha value is -0.870. The van der Waals surface area contributed by atoms with Gasteiger partial charge in [-0.25, -0.2) is 9.97 Å². The topological polar surface area (TPSA) is 58.0 Å². The van der Waals surface area contributed by atoms with Crippen molar-refractivity contribution < 1.29 is 5.11 Å². The highest BCUT2D eigenvalue weighted by Gasteiger charge is 2.27. The first-order chi connectivity index (χ1) is 7.17. The zero-order valence-electron chi connectivity index (χ0n) is 8.57. The van der Waals surface area contributed by atoms with Crippen LogP contribution in [0.1, 0.15) is 25.6 Å². The van der Waals surface area contributed by atoms with Gasteiger partial charge in [0.1, 0.15) is 16.8 Å². The van der Waals surface area contributed by atoms with Gasteiger partial charge in [-0.15, -0.1) is 0 Å². The Kier molecular flexibility index (Phi) is 3.07. The number of nitrogens with one attached hydrogen (secondary N) is 1. The van der Waals surface area contributed by atoms with Crippen LogP contribution in [0.2, 0.25) is 5.15 Å². The van der Waals surface area contributed by atoms with Gasteiger partial charge in [0.25, 0.3) is 0 Å². The average Bonchev–Trinajstić information content (AvgIpc) is 2.14. The molecule has 82 valence electrons. The molecule has 0 amide bonds. The Morgan fingerprint density at radius 2 is 2.27 bits per heavy atom. The van der Waals surface area contributed by atoms with Crippen molar-refractivity contribution in [1.29, 1.82) is 0 Å². The fourth-order valence-corrected chi connectivity index (χ4v) is 1.81. The van der Waals surface area contributed by atoms with Crippen molar-refractivity contribution in [3.8, 4) is 0 Å². The molecule has 0 saturated heterocycles. The Morgan fingerprint density at radius 1 is 1.53 bits per heavy atom. The van der Waals surface area contributed by atoms with E-state index in [1.54, 1.807) is 6.07 Å². The van der Waals surface area contributed by atoms with E-state index in [1.165, 1.54) is 0 Å². The fraction of sp³-hybridized carbons (Fsp3) is 0.600. The third-order valence-corrected chi connectivity index (χ3v) is 2.72. The number of aryl methyl sites for hydroxylation is 1. The molecular formula is C10H14ClN3O. The molecule has 0 unspecified atom stereocenters. The summed E-state index contributed by atoms with van der Waals surface area (Å²) in [4.78, 5) is 8.39. The molecular weight excluding hydrogens is 214 g/mol. The summed E-state index contributed by atoms with van der Waals surface area (Å²) in [6.45, 7) is 1.99. The Balaban J connectivity index is 2.04. The van der Waals surface area contributed by atoms with Gasteiger partial charge in [0.15, 0.2) is 0 Å². The van der Waals surface area contributed by atoms with Gasteiger partial charge in [-0.3, -0.25) is 0 Å². The molecule has 0 bridgehead atoms. The molecule has 2 N–H and O–H groups in total. The summed E-state index contributed by atoms with van der Waals surface area (Å²) >= 11 is 5.86. The molecule has 0 radical (unpaired) electrons. The van der Waals surface area contributed by atoms with Crippen LogP contribution in [0.3, 0.4) is 0 Å². The van der Waals surface area contributed by atoms with Crippen LogP contribution < -0.4 is 5.32 Å². The van der Waals surface area contributed by atoms with Crippen LogP contribution in [0.25, 0.3) is 0 Å². The van der Waals surface area contributed by atoms with E-state index in [0.29, 0.717) is 11.2 Å². The smallest absolute Gasteiger partial charge is 0.134 e. The minimum atomic E-state index is -0.162. The summed E-state index contributed by atoms with van der Waals surface area (Å²) in [6, 6.07) is 2.03. The lowest BCUT2D eigenvalue weighted by atomic mass is 9.89. The third-order valence-electron chi connectivity index (χ3n) is 2.52. The maximum absolute atomic E-state index is 9.15. The van der Waals surface area contributed by atoms with Crippen molar-refractivity contribution >= 4 is 17.4 Å². The minimum Gasteiger partial charge on any atom is -0.393 e. The third kappa shape index (κ3) is 2.58. The lowest BCUT2D eigenvalue weighted by molar-refractivity contribution is 0.0835. The minimum absolute atomic E-state index is 0.162. The normalized spacial score (nSPS) is 24.7. The first kappa shape index (κ1) is 10.6. The van der Waals surface area contributed by atoms with Gasteiger partial charge in [0.05, 0.1) is 6.10 Å². The molecule has 0 aromatic carbocycles. The van der Waals surface area contributed by atoms with Crippen LogP contribution in [0.15, 0.2) is 6.07 Å². The number of halogens is 1. The van der Waals surface area contributed by atoms with E-state index in [2.05, 4.69) is 15.3 Å². The summed E-state index contributed by atoms with van der Waals surface area (Å²) in [7, 11) is 0. The van der Waals surface area contributed by atoms with Crippen LogP contribution in [-0.2, 0) is 6.42 Å². The molecule has 0 atom stereocenters. The molecule has 15 heavy (non-hydrogen) atoms. The first-order valence-electron chi connectivity index (χ1n) is 5.15. The maximum atomic E-state index is 9.15. The molecule has 0 spiro atoms. The number of aromatic nitrogens is 2. The second-order valence-corrected chi connectivity index (χ2v) is 4.20. The summed E-state index contributed by atoms with van der Waals surface area (Å²) in [5.74, 6) is 1.49. The van der Waals surface area contributed by atoms with Crippen molar-refractivity contribution in [2.75, 3.05) is 5.32 Å². The van der Waals surface area contributed by atoms with Crippen molar-refractivity contribution in [3.63, 3.8) is 0 Å². The molecule has 2 rings (SSSR count). The van der Waals surface area contributed by atoms with E-state index >= 15 is 0 Å². The van der Waals surface area contributed by atoms with Gasteiger partial charge in [0, 0.05) is 18.5 Å². The van der Waals surface area contributed by atoms with E-state index < -0.39 is 0 Å². The van der Waals surface area contributed by atoms with Gasteiger partial charge in [0.2, 0.25) is 0 Å². The zero-order chi connectivity index (χ0) is 10.8. The van der Waals surface area contributed by atoms with Crippen molar-refractivity contribution in [2.24, 2.45) is 0 Å². The fourth-order valence-electron chi connectivity index (χ4n) is 1.61. The maximum Gasteiger partial charge on any atom is 0.134 e. The van der Waals surface area contributed by atoms with Crippen LogP contribution in [0.5, 0.6) is 0 Å². The molecule has 1 aliphatic rings. The summed E-state index contributed by atoms with van der Waals surface area (Å²) in [6.07, 6.45) is 2.17. The number of aliphatic hydroxyl groups excluding tert-OH is 1. The second-order valence-electron chi connectivity index (χ2n) is 3.81. The monoisotopic (exact) mass is 227 g/mol. The van der Waals surface area contributed by atoms with E-state index in [4.69, 9.17) is 16.7 Å². The average molecular weight is 228 g/mol. The Morgan fingerprint density at radius 3 is 2.87 bits per heavy atom. The van der Waals surface area contributed by atoms with Crippen LogP contribution in [0, 0.1) is 0 Å². The van der Waals surface area contributed by atoms with Crippen molar-refractivity contribution in [2.45, 2.75) is 38.3 Å². The SMILES string of the molecule is CCc1nc(Cl)cc(NC2CC(O)C2)n1. The molecule has 0 aliphatic heterocycles. The lowest BCUT2D eigenvalue weighted by Gasteiger charge is -2.32. The van der Waals surface area contributed by atoms with Gasteiger partial charge >= 0.3 is 0 Å². The highest BCUT2D eigenvalue weighted by Crippen LogP contribution is 2.24. The predicted octanol–water partition coefficient (Wildman–Crippen LogP) is 1.63. The Bertz CT molecular complexity index is 353. The molecule has 1 saturated carbocycles. The predicted molar refractivity (Wildman–Crippen MR) is 59.1 cm³/mol. The first-order valence-corrected chi connectivity index (χ1v) is 5.53. The van der Waals surface area contributed by atoms with Crippen LogP contribution in [0.4, 0.5) is 5.82 Å². The molecule has 1 aromatic rings. The van der Waals surface area contributed by atoms with E-state index in [0.717, 1.165) is 30.9 Å². The number of anilines is 1. The highest BCUT2D eigenvalue weighted by molar-refractivity contribution is 6.29. The van der Waals surface area contributed by atoms with Gasteiger partial charge < -0.3 is 10.4 Å². The Labute approximate surface area is 93.7 Å². The molecule has 4 nitrogen and oxygen atoms in total. The molecule has 1 fully saturated rings. The van der Waals surface area contributed by atoms with Crippen molar-refractivity contribution in [3.05, 3.63) is 17.0 Å². The van der Waals surface area contributed by atoms with Gasteiger partial charge in [-0.05, 0) is 12.8 Å². The van der Waals surface area contributed by atoms with Crippen molar-refractivity contribution in [1.82, 2.24) is 9.97 Å². The molecule has 5 heteroatoms. The van der Waals surface area contributed by atoms with E-state index in [9.17, 15) is 0 Å². The number of rotatable bonds is 3. The van der Waals surface area contributed by atoms with Crippen LogP contribution in [-0.4, -0.2) is 27.2 Å². The lowest BCUT2D eigenvalue weighted by Crippen LogP contribution is -2.39. The standard InChI is InChI=1S/C10H14ClN3O/c1-2-9-13-8(11)5-10(14-9)12-6-3-7(15)4-6/h5-7,15H,2-4H2,1H3,(H,12,13,14). The summed E-state index contributed by atoms with van der Waals surface area (Å²) in [5.41, 5.74) is 0. The van der Waals surface area contributed by atoms with Gasteiger partial charge in [-0.2, -0.15) is 0 Å².